The number of hydrogen-bond donors (Lipinski definition) is 2. The number of piperidine rings is 1. The van der Waals surface area contributed by atoms with Gasteiger partial charge in [-0.3, -0.25) is 14.4 Å². The lowest BCUT2D eigenvalue weighted by atomic mass is 9.83. The van der Waals surface area contributed by atoms with Crippen LogP contribution < -0.4 is 26.7 Å². The van der Waals surface area contributed by atoms with E-state index in [0.29, 0.717) is 55.0 Å². The van der Waals surface area contributed by atoms with E-state index in [1.807, 2.05) is 16.7 Å². The fraction of sp³-hybridized carbons (Fsp3) is 0.290. The van der Waals surface area contributed by atoms with Crippen LogP contribution in [0.15, 0.2) is 80.7 Å². The molecule has 0 saturated carbocycles. The van der Waals surface area contributed by atoms with Gasteiger partial charge in [-0.05, 0) is 48.7 Å². The monoisotopic (exact) mass is 554 g/mol. The molecule has 0 spiro atoms. The normalized spacial score (nSPS) is 17.6. The van der Waals surface area contributed by atoms with E-state index >= 15 is 0 Å². The average Bonchev–Trinajstić information content (AvgIpc) is 2.97. The summed E-state index contributed by atoms with van der Waals surface area (Å²) >= 11 is 0. The Morgan fingerprint density at radius 3 is 2.68 bits per heavy atom. The van der Waals surface area contributed by atoms with Crippen molar-refractivity contribution in [2.24, 2.45) is 5.92 Å². The molecule has 2 aromatic heterocycles. The number of benzene rings is 2. The molecule has 1 fully saturated rings. The van der Waals surface area contributed by atoms with Gasteiger partial charge in [0, 0.05) is 61.9 Å². The summed E-state index contributed by atoms with van der Waals surface area (Å²) in [5.41, 5.74) is 2.04. The summed E-state index contributed by atoms with van der Waals surface area (Å²) in [5.74, 6) is -0.547. The number of rotatable bonds is 7. The molecule has 6 rings (SSSR count). The van der Waals surface area contributed by atoms with Crippen molar-refractivity contribution in [2.75, 3.05) is 43.6 Å². The number of carbonyl (C=O) groups is 2. The largest absolute Gasteiger partial charge is 0.422 e. The minimum atomic E-state index is -0.745. The summed E-state index contributed by atoms with van der Waals surface area (Å²) in [6, 6.07) is 19.1. The van der Waals surface area contributed by atoms with Crippen LogP contribution in [0.25, 0.3) is 11.0 Å². The highest BCUT2D eigenvalue weighted by Gasteiger charge is 2.35. The van der Waals surface area contributed by atoms with Crippen LogP contribution in [-0.4, -0.2) is 49.7 Å². The summed E-state index contributed by atoms with van der Waals surface area (Å²) in [6.45, 7) is 2.65. The third-order valence-corrected chi connectivity index (χ3v) is 7.81. The molecule has 2 amide bonds. The molecule has 0 unspecified atom stereocenters. The molecule has 4 heterocycles. The lowest BCUT2D eigenvalue weighted by Crippen LogP contribution is -2.47. The first-order valence-corrected chi connectivity index (χ1v) is 13.6. The number of pyridine rings is 1. The molecule has 10 nitrogen and oxygen atoms in total. The molecule has 2 aromatic carbocycles. The van der Waals surface area contributed by atoms with E-state index in [-0.39, 0.29) is 28.9 Å². The van der Waals surface area contributed by atoms with E-state index < -0.39 is 11.5 Å². The average molecular weight is 555 g/mol. The van der Waals surface area contributed by atoms with Crippen LogP contribution in [0.4, 0.5) is 11.4 Å². The van der Waals surface area contributed by atoms with Crippen molar-refractivity contribution in [3.05, 3.63) is 104 Å². The second kappa shape index (κ2) is 11.1. The third kappa shape index (κ3) is 5.26. The molecule has 41 heavy (non-hydrogen) atoms. The molecule has 1 saturated heterocycles. The fourth-order valence-electron chi connectivity index (χ4n) is 5.92. The molecular formula is C31H30N4O6. The number of ether oxygens (including phenoxy) is 1. The third-order valence-electron chi connectivity index (χ3n) is 7.81. The van der Waals surface area contributed by atoms with Crippen molar-refractivity contribution < 1.29 is 18.7 Å². The first-order valence-electron chi connectivity index (χ1n) is 13.6. The smallest absolute Gasteiger partial charge is 0.349 e. The van der Waals surface area contributed by atoms with Crippen molar-refractivity contribution >= 4 is 34.2 Å². The van der Waals surface area contributed by atoms with Crippen LogP contribution in [0, 0.1) is 5.92 Å². The number of para-hydroxylation sites is 1. The molecule has 10 heteroatoms. The van der Waals surface area contributed by atoms with E-state index in [2.05, 4.69) is 15.5 Å². The van der Waals surface area contributed by atoms with Gasteiger partial charge in [0.15, 0.2) is 0 Å². The Morgan fingerprint density at radius 1 is 0.976 bits per heavy atom. The zero-order chi connectivity index (χ0) is 28.5. The molecule has 0 radical (unpaired) electrons. The van der Waals surface area contributed by atoms with Crippen LogP contribution in [0.3, 0.4) is 0 Å². The van der Waals surface area contributed by atoms with Gasteiger partial charge in [-0.15, -0.1) is 0 Å². The summed E-state index contributed by atoms with van der Waals surface area (Å²) in [5, 5.41) is 6.31. The summed E-state index contributed by atoms with van der Waals surface area (Å²) in [4.78, 5) is 53.7. The van der Waals surface area contributed by atoms with Gasteiger partial charge in [0.25, 0.3) is 17.4 Å². The van der Waals surface area contributed by atoms with E-state index in [0.717, 1.165) is 17.8 Å². The molecule has 2 bridgehead atoms. The number of nitrogens with one attached hydrogen (secondary N) is 2. The number of nitrogens with zero attached hydrogens (tertiary/aromatic N) is 2. The Morgan fingerprint density at radius 2 is 1.83 bits per heavy atom. The molecule has 0 aliphatic carbocycles. The zero-order valence-electron chi connectivity index (χ0n) is 22.6. The van der Waals surface area contributed by atoms with Crippen LogP contribution >= 0.6 is 0 Å². The number of carbonyl (C=O) groups excluding carboxylic acids is 2. The van der Waals surface area contributed by atoms with Crippen molar-refractivity contribution in [1.29, 1.82) is 0 Å². The molecular weight excluding hydrogens is 524 g/mol. The SMILES string of the molecule is COCCNC(=O)c1ccc(N2C[C@H]3C[C@@H](C2)c2cccc(=O)n2C3)c(NC(=O)c2cc3ccccc3oc2=O)c1. The number of aromatic nitrogens is 1. The second-order valence-electron chi connectivity index (χ2n) is 10.5. The van der Waals surface area contributed by atoms with Crippen LogP contribution in [-0.2, 0) is 11.3 Å². The second-order valence-corrected chi connectivity index (χ2v) is 10.5. The quantitative estimate of drug-likeness (QED) is 0.266. The minimum absolute atomic E-state index is 0.0108. The Hall–Kier alpha value is -4.70. The van der Waals surface area contributed by atoms with Crippen LogP contribution in [0.1, 0.15) is 38.7 Å². The summed E-state index contributed by atoms with van der Waals surface area (Å²) < 4.78 is 12.3. The lowest BCUT2D eigenvalue weighted by Gasteiger charge is -2.44. The molecule has 2 aliphatic rings. The molecule has 2 aliphatic heterocycles. The molecule has 210 valence electrons. The number of methoxy groups -OCH3 is 1. The maximum Gasteiger partial charge on any atom is 0.349 e. The molecule has 4 aromatic rings. The maximum absolute atomic E-state index is 13.5. The highest BCUT2D eigenvalue weighted by molar-refractivity contribution is 6.08. The van der Waals surface area contributed by atoms with E-state index in [1.165, 1.54) is 6.07 Å². The van der Waals surface area contributed by atoms with Crippen molar-refractivity contribution in [1.82, 2.24) is 9.88 Å². The van der Waals surface area contributed by atoms with Gasteiger partial charge in [-0.25, -0.2) is 4.79 Å². The standard InChI is InChI=1S/C31H30N4O6/c1-40-12-11-32-29(37)21-9-10-26(34-16-19-13-22(18-34)25-6-4-8-28(36)35(25)17-19)24(15-21)33-30(38)23-14-20-5-2-3-7-27(20)41-31(23)39/h2-10,14-15,19,22H,11-13,16-18H2,1H3,(H,32,37)(H,33,38)/t19-,22+/m1/s1. The Balaban J connectivity index is 1.34. The Bertz CT molecular complexity index is 1760. The predicted octanol–water partition coefficient (Wildman–Crippen LogP) is 3.21. The van der Waals surface area contributed by atoms with Crippen molar-refractivity contribution in [2.45, 2.75) is 18.9 Å². The highest BCUT2D eigenvalue weighted by Crippen LogP contribution is 2.39. The predicted molar refractivity (Wildman–Crippen MR) is 155 cm³/mol. The number of hydrogen-bond acceptors (Lipinski definition) is 7. The fourth-order valence-corrected chi connectivity index (χ4v) is 5.92. The molecule has 2 atom stereocenters. The minimum Gasteiger partial charge on any atom is -0.422 e. The van der Waals surface area contributed by atoms with Gasteiger partial charge in [0.1, 0.15) is 11.1 Å². The Kier molecular flexibility index (Phi) is 7.15. The number of amides is 2. The number of fused-ring (bicyclic) bond motifs is 5. The topological polar surface area (TPSA) is 123 Å². The zero-order valence-corrected chi connectivity index (χ0v) is 22.6. The van der Waals surface area contributed by atoms with Crippen LogP contribution in [0.5, 0.6) is 0 Å². The van der Waals surface area contributed by atoms with Gasteiger partial charge in [-0.1, -0.05) is 24.3 Å². The lowest BCUT2D eigenvalue weighted by molar-refractivity contribution is 0.0936. The van der Waals surface area contributed by atoms with E-state index in [4.69, 9.17) is 9.15 Å². The molecule has 2 N–H and O–H groups in total. The van der Waals surface area contributed by atoms with Gasteiger partial charge in [0.05, 0.1) is 18.0 Å². The van der Waals surface area contributed by atoms with E-state index in [1.54, 1.807) is 55.6 Å². The van der Waals surface area contributed by atoms with Crippen LogP contribution in [0.2, 0.25) is 0 Å². The van der Waals surface area contributed by atoms with Gasteiger partial charge in [0.2, 0.25) is 0 Å². The maximum atomic E-state index is 13.5. The Labute approximate surface area is 235 Å². The van der Waals surface area contributed by atoms with Gasteiger partial charge < -0.3 is 29.3 Å². The first-order chi connectivity index (χ1) is 19.9. The van der Waals surface area contributed by atoms with Gasteiger partial charge in [-0.2, -0.15) is 0 Å². The summed E-state index contributed by atoms with van der Waals surface area (Å²) in [7, 11) is 1.56. The van der Waals surface area contributed by atoms with Crippen molar-refractivity contribution in [3.8, 4) is 0 Å². The van der Waals surface area contributed by atoms with Gasteiger partial charge >= 0.3 is 5.63 Å². The van der Waals surface area contributed by atoms with Crippen molar-refractivity contribution in [3.63, 3.8) is 0 Å². The highest BCUT2D eigenvalue weighted by atomic mass is 16.5. The first kappa shape index (κ1) is 26.5. The summed E-state index contributed by atoms with van der Waals surface area (Å²) in [6.07, 6.45) is 0.972. The van der Waals surface area contributed by atoms with E-state index in [9.17, 15) is 19.2 Å². The number of anilines is 2.